The van der Waals surface area contributed by atoms with Crippen molar-refractivity contribution in [2.24, 2.45) is 0 Å². The minimum absolute atomic E-state index is 0.0810. The number of nitrogens with zero attached hydrogens (tertiary/aromatic N) is 4. The Balaban J connectivity index is 1.48. The summed E-state index contributed by atoms with van der Waals surface area (Å²) >= 11 is 0. The summed E-state index contributed by atoms with van der Waals surface area (Å²) < 4.78 is 40.4. The lowest BCUT2D eigenvalue weighted by Gasteiger charge is -2.36. The molecule has 0 N–H and O–H groups in total. The third kappa shape index (κ3) is 3.27. The van der Waals surface area contributed by atoms with Crippen molar-refractivity contribution >= 4 is 11.5 Å². The number of benzene rings is 1. The van der Waals surface area contributed by atoms with E-state index in [1.54, 1.807) is 23.0 Å². The van der Waals surface area contributed by atoms with Crippen molar-refractivity contribution in [2.45, 2.75) is 25.1 Å². The molecule has 1 saturated carbocycles. The van der Waals surface area contributed by atoms with E-state index in [0.29, 0.717) is 37.7 Å². The summed E-state index contributed by atoms with van der Waals surface area (Å²) in [6.45, 7) is 2.18. The summed E-state index contributed by atoms with van der Waals surface area (Å²) in [7, 11) is 0. The molecule has 1 aliphatic carbocycles. The van der Waals surface area contributed by atoms with E-state index in [4.69, 9.17) is 0 Å². The Labute approximate surface area is 148 Å². The van der Waals surface area contributed by atoms with Gasteiger partial charge in [0.25, 0.3) is 5.56 Å². The van der Waals surface area contributed by atoms with E-state index in [-0.39, 0.29) is 11.6 Å². The van der Waals surface area contributed by atoms with E-state index in [9.17, 15) is 18.0 Å². The van der Waals surface area contributed by atoms with Gasteiger partial charge >= 0.3 is 6.18 Å². The van der Waals surface area contributed by atoms with Crippen molar-refractivity contribution in [3.05, 3.63) is 52.6 Å². The van der Waals surface area contributed by atoms with Crippen molar-refractivity contribution < 1.29 is 13.2 Å². The van der Waals surface area contributed by atoms with Crippen LogP contribution in [0.4, 0.5) is 24.7 Å². The third-order valence-electron chi connectivity index (χ3n) is 4.91. The van der Waals surface area contributed by atoms with Gasteiger partial charge in [0.2, 0.25) is 0 Å². The molecular formula is C18H19F3N4O. The second-order valence-corrected chi connectivity index (χ2v) is 6.72. The Bertz CT molecular complexity index is 852. The molecule has 1 aromatic heterocycles. The molecule has 2 fully saturated rings. The van der Waals surface area contributed by atoms with Crippen molar-refractivity contribution in [1.82, 2.24) is 9.55 Å². The number of aromatic nitrogens is 2. The van der Waals surface area contributed by atoms with Crippen LogP contribution in [0.2, 0.25) is 0 Å². The SMILES string of the molecule is O=c1c(N2CCN(c3cccc(C(F)(F)F)c3)CC2)nccn1C1CC1. The smallest absolute Gasteiger partial charge is 0.368 e. The van der Waals surface area contributed by atoms with Gasteiger partial charge in [-0.05, 0) is 31.0 Å². The maximum Gasteiger partial charge on any atom is 0.416 e. The minimum atomic E-state index is -4.35. The monoisotopic (exact) mass is 364 g/mol. The standard InChI is InChI=1S/C18H19F3N4O/c19-18(20,21)13-2-1-3-15(12-13)23-8-10-24(11-9-23)16-17(26)25(7-6-22-16)14-4-5-14/h1-3,6-7,12,14H,4-5,8-11H2. The number of anilines is 2. The normalized spacial score (nSPS) is 18.3. The van der Waals surface area contributed by atoms with Crippen molar-refractivity contribution in [1.29, 1.82) is 0 Å². The van der Waals surface area contributed by atoms with Crippen LogP contribution in [0.1, 0.15) is 24.4 Å². The lowest BCUT2D eigenvalue weighted by Crippen LogP contribution is -2.48. The molecule has 0 spiro atoms. The lowest BCUT2D eigenvalue weighted by molar-refractivity contribution is -0.137. The fourth-order valence-electron chi connectivity index (χ4n) is 3.33. The predicted octanol–water partition coefficient (Wildman–Crippen LogP) is 2.92. The fourth-order valence-corrected chi connectivity index (χ4v) is 3.33. The van der Waals surface area contributed by atoms with E-state index in [2.05, 4.69) is 4.98 Å². The third-order valence-corrected chi connectivity index (χ3v) is 4.91. The Morgan fingerprint density at radius 3 is 2.38 bits per heavy atom. The van der Waals surface area contributed by atoms with Crippen molar-refractivity contribution in [3.63, 3.8) is 0 Å². The molecule has 138 valence electrons. The highest BCUT2D eigenvalue weighted by Gasteiger charge is 2.31. The Morgan fingerprint density at radius 1 is 1.04 bits per heavy atom. The van der Waals surface area contributed by atoms with Crippen LogP contribution in [-0.4, -0.2) is 35.7 Å². The van der Waals surface area contributed by atoms with Crippen LogP contribution in [0.5, 0.6) is 0 Å². The highest BCUT2D eigenvalue weighted by molar-refractivity contribution is 5.51. The van der Waals surface area contributed by atoms with Crippen molar-refractivity contribution in [2.75, 3.05) is 36.0 Å². The molecule has 26 heavy (non-hydrogen) atoms. The van der Waals surface area contributed by atoms with Crippen LogP contribution in [-0.2, 0) is 6.18 Å². The van der Waals surface area contributed by atoms with Crippen LogP contribution in [0.15, 0.2) is 41.5 Å². The zero-order valence-corrected chi connectivity index (χ0v) is 14.1. The molecule has 4 rings (SSSR count). The lowest BCUT2D eigenvalue weighted by atomic mass is 10.1. The first-order chi connectivity index (χ1) is 12.4. The Kier molecular flexibility index (Phi) is 4.13. The summed E-state index contributed by atoms with van der Waals surface area (Å²) in [4.78, 5) is 20.7. The van der Waals surface area contributed by atoms with E-state index >= 15 is 0 Å². The maximum atomic E-state index is 12.9. The number of alkyl halides is 3. The molecule has 0 bridgehead atoms. The molecule has 2 aliphatic rings. The summed E-state index contributed by atoms with van der Waals surface area (Å²) in [5.74, 6) is 0.433. The van der Waals surface area contributed by atoms with Crippen LogP contribution >= 0.6 is 0 Å². The first-order valence-electron chi connectivity index (χ1n) is 8.68. The zero-order chi connectivity index (χ0) is 18.3. The minimum Gasteiger partial charge on any atom is -0.368 e. The molecule has 0 radical (unpaired) electrons. The molecular weight excluding hydrogens is 345 g/mol. The Hall–Kier alpha value is -2.51. The average molecular weight is 364 g/mol. The van der Waals surface area contributed by atoms with Crippen molar-refractivity contribution in [3.8, 4) is 0 Å². The number of halogens is 3. The second kappa shape index (κ2) is 6.34. The molecule has 0 amide bonds. The highest BCUT2D eigenvalue weighted by atomic mass is 19.4. The highest BCUT2D eigenvalue weighted by Crippen LogP contribution is 2.34. The van der Waals surface area contributed by atoms with E-state index in [1.807, 2.05) is 9.80 Å². The van der Waals surface area contributed by atoms with Gasteiger partial charge in [-0.3, -0.25) is 4.79 Å². The maximum absolute atomic E-state index is 12.9. The molecule has 1 aliphatic heterocycles. The summed E-state index contributed by atoms with van der Waals surface area (Å²) in [5, 5.41) is 0. The summed E-state index contributed by atoms with van der Waals surface area (Å²) in [5.41, 5.74) is -0.173. The van der Waals surface area contributed by atoms with Crippen LogP contribution in [0, 0.1) is 0 Å². The average Bonchev–Trinajstić information content (AvgIpc) is 3.47. The van der Waals surface area contributed by atoms with Gasteiger partial charge in [-0.1, -0.05) is 6.07 Å². The molecule has 2 heterocycles. The molecule has 1 saturated heterocycles. The van der Waals surface area contributed by atoms with Gasteiger partial charge in [-0.15, -0.1) is 0 Å². The van der Waals surface area contributed by atoms with Crippen LogP contribution < -0.4 is 15.4 Å². The van der Waals surface area contributed by atoms with Gasteiger partial charge in [0.1, 0.15) is 0 Å². The molecule has 1 aromatic carbocycles. The number of rotatable bonds is 3. The number of hydrogen-bond donors (Lipinski definition) is 0. The molecule has 2 aromatic rings. The molecule has 5 nitrogen and oxygen atoms in total. The van der Waals surface area contributed by atoms with E-state index < -0.39 is 11.7 Å². The Morgan fingerprint density at radius 2 is 1.73 bits per heavy atom. The topological polar surface area (TPSA) is 41.4 Å². The van der Waals surface area contributed by atoms with E-state index in [0.717, 1.165) is 18.9 Å². The van der Waals surface area contributed by atoms with Gasteiger partial charge < -0.3 is 14.4 Å². The van der Waals surface area contributed by atoms with Crippen LogP contribution in [0.3, 0.4) is 0 Å². The van der Waals surface area contributed by atoms with Gasteiger partial charge in [0, 0.05) is 50.3 Å². The van der Waals surface area contributed by atoms with Gasteiger partial charge in [0.05, 0.1) is 5.56 Å². The summed E-state index contributed by atoms with van der Waals surface area (Å²) in [6.07, 6.45) is 1.07. The summed E-state index contributed by atoms with van der Waals surface area (Å²) in [6, 6.07) is 5.66. The van der Waals surface area contributed by atoms with Gasteiger partial charge in [-0.25, -0.2) is 4.98 Å². The zero-order valence-electron chi connectivity index (χ0n) is 14.1. The first kappa shape index (κ1) is 16.9. The number of hydrogen-bond acceptors (Lipinski definition) is 4. The predicted molar refractivity (Wildman–Crippen MR) is 92.6 cm³/mol. The van der Waals surface area contributed by atoms with Crippen LogP contribution in [0.25, 0.3) is 0 Å². The number of piperazine rings is 1. The quantitative estimate of drug-likeness (QED) is 0.840. The molecule has 8 heteroatoms. The fraction of sp³-hybridized carbons (Fsp3) is 0.444. The van der Waals surface area contributed by atoms with Gasteiger partial charge in [0.15, 0.2) is 5.82 Å². The molecule has 0 unspecified atom stereocenters. The second-order valence-electron chi connectivity index (χ2n) is 6.72. The largest absolute Gasteiger partial charge is 0.416 e. The van der Waals surface area contributed by atoms with Gasteiger partial charge in [-0.2, -0.15) is 13.2 Å². The van der Waals surface area contributed by atoms with E-state index in [1.165, 1.54) is 12.1 Å². The first-order valence-corrected chi connectivity index (χ1v) is 8.68. The molecule has 0 atom stereocenters.